The minimum absolute atomic E-state index is 0.0461. The summed E-state index contributed by atoms with van der Waals surface area (Å²) in [6.45, 7) is 2.03. The first-order chi connectivity index (χ1) is 13.7. The minimum Gasteiger partial charge on any atom is -0.274 e. The highest BCUT2D eigenvalue weighted by Crippen LogP contribution is 2.31. The van der Waals surface area contributed by atoms with Gasteiger partial charge in [0.25, 0.3) is 0 Å². The Morgan fingerprint density at radius 1 is 1.14 bits per heavy atom. The molecule has 0 saturated carbocycles. The van der Waals surface area contributed by atoms with Crippen LogP contribution < -0.4 is 4.90 Å². The summed E-state index contributed by atoms with van der Waals surface area (Å²) in [5.74, 6) is 1.30. The number of thioether (sulfide) groups is 1. The number of nitrogens with zero attached hydrogens (tertiary/aromatic N) is 4. The number of benzene rings is 2. The zero-order valence-corrected chi connectivity index (χ0v) is 16.0. The van der Waals surface area contributed by atoms with Gasteiger partial charge in [-0.15, -0.1) is 0 Å². The average Bonchev–Trinajstić information content (AvgIpc) is 3.09. The van der Waals surface area contributed by atoms with E-state index in [-0.39, 0.29) is 5.91 Å². The van der Waals surface area contributed by atoms with Crippen molar-refractivity contribution in [2.45, 2.75) is 13.3 Å². The standard InChI is InChI=1S/C21H17N5OS/c1-13-6-8-15(9-7-13)26-18(27)10-11-28-21(26)23-20-16-12-14-4-2-3-5-17(14)22-19(16)24-25-20/h2-9,12H,10-11H2,1H3,(H,22,24,25). The Morgan fingerprint density at radius 3 is 2.82 bits per heavy atom. The Hall–Kier alpha value is -3.19. The van der Waals surface area contributed by atoms with Gasteiger partial charge in [-0.3, -0.25) is 14.8 Å². The second-order valence-corrected chi connectivity index (χ2v) is 7.74. The van der Waals surface area contributed by atoms with Crippen molar-refractivity contribution in [3.8, 4) is 0 Å². The van der Waals surface area contributed by atoms with E-state index in [9.17, 15) is 4.79 Å². The van der Waals surface area contributed by atoms with Crippen molar-refractivity contribution in [2.24, 2.45) is 4.99 Å². The van der Waals surface area contributed by atoms with Crippen LogP contribution >= 0.6 is 11.8 Å². The van der Waals surface area contributed by atoms with Crippen molar-refractivity contribution in [1.29, 1.82) is 0 Å². The fourth-order valence-corrected chi connectivity index (χ4v) is 4.20. The molecule has 1 saturated heterocycles. The zero-order chi connectivity index (χ0) is 19.1. The van der Waals surface area contributed by atoms with E-state index < -0.39 is 0 Å². The highest BCUT2D eigenvalue weighted by Gasteiger charge is 2.27. The van der Waals surface area contributed by atoms with Crippen molar-refractivity contribution >= 4 is 56.3 Å². The Bertz CT molecular complexity index is 1230. The van der Waals surface area contributed by atoms with Gasteiger partial charge in [0.15, 0.2) is 16.6 Å². The van der Waals surface area contributed by atoms with Gasteiger partial charge in [-0.2, -0.15) is 5.10 Å². The number of fused-ring (bicyclic) bond motifs is 2. The number of nitrogens with one attached hydrogen (secondary N) is 1. The molecule has 1 fully saturated rings. The fourth-order valence-electron chi connectivity index (χ4n) is 3.26. The van der Waals surface area contributed by atoms with Gasteiger partial charge in [0.05, 0.1) is 16.6 Å². The highest BCUT2D eigenvalue weighted by atomic mass is 32.2. The van der Waals surface area contributed by atoms with E-state index in [0.717, 1.165) is 27.5 Å². The lowest BCUT2D eigenvalue weighted by Gasteiger charge is -2.27. The number of para-hydroxylation sites is 1. The van der Waals surface area contributed by atoms with Crippen molar-refractivity contribution in [1.82, 2.24) is 15.2 Å². The molecule has 2 aromatic carbocycles. The molecule has 5 rings (SSSR count). The van der Waals surface area contributed by atoms with Crippen LogP contribution in [0.25, 0.3) is 21.9 Å². The number of amides is 1. The monoisotopic (exact) mass is 387 g/mol. The first-order valence-corrected chi connectivity index (χ1v) is 10.0. The van der Waals surface area contributed by atoms with Crippen molar-refractivity contribution in [2.75, 3.05) is 10.7 Å². The molecule has 138 valence electrons. The molecule has 0 bridgehead atoms. The third-order valence-corrected chi connectivity index (χ3v) is 5.65. The third kappa shape index (κ3) is 2.93. The maximum atomic E-state index is 12.6. The molecule has 1 N–H and O–H groups in total. The fraction of sp³-hybridized carbons (Fsp3) is 0.143. The summed E-state index contributed by atoms with van der Waals surface area (Å²) in [7, 11) is 0. The van der Waals surface area contributed by atoms with Crippen LogP contribution in [0.4, 0.5) is 11.5 Å². The van der Waals surface area contributed by atoms with E-state index in [1.807, 2.05) is 61.5 Å². The lowest BCUT2D eigenvalue weighted by molar-refractivity contribution is -0.117. The predicted octanol–water partition coefficient (Wildman–Crippen LogP) is 4.58. The molecule has 0 radical (unpaired) electrons. The van der Waals surface area contributed by atoms with Crippen LogP contribution in [0.1, 0.15) is 12.0 Å². The van der Waals surface area contributed by atoms with E-state index in [4.69, 9.17) is 4.99 Å². The Morgan fingerprint density at radius 2 is 1.96 bits per heavy atom. The molecule has 7 heteroatoms. The number of hydrogen-bond donors (Lipinski definition) is 1. The number of rotatable bonds is 2. The number of aliphatic imine (C=N–C) groups is 1. The number of aromatic amines is 1. The molecule has 1 aliphatic heterocycles. The predicted molar refractivity (Wildman–Crippen MR) is 114 cm³/mol. The molecule has 4 aromatic rings. The largest absolute Gasteiger partial charge is 0.274 e. The molecule has 28 heavy (non-hydrogen) atoms. The van der Waals surface area contributed by atoms with E-state index in [0.29, 0.717) is 28.8 Å². The van der Waals surface area contributed by atoms with Crippen molar-refractivity contribution in [3.63, 3.8) is 0 Å². The Kier molecular flexibility index (Phi) is 4.09. The minimum atomic E-state index is 0.0461. The first kappa shape index (κ1) is 16.9. The van der Waals surface area contributed by atoms with Gasteiger partial charge in [-0.05, 0) is 31.2 Å². The molecular weight excluding hydrogens is 370 g/mol. The number of pyridine rings is 1. The number of H-pyrrole nitrogens is 1. The molecule has 0 atom stereocenters. The van der Waals surface area contributed by atoms with Crippen LogP contribution in [0.15, 0.2) is 59.6 Å². The molecule has 1 amide bonds. The van der Waals surface area contributed by atoms with E-state index >= 15 is 0 Å². The second-order valence-electron chi connectivity index (χ2n) is 6.68. The first-order valence-electron chi connectivity index (χ1n) is 9.04. The number of aromatic nitrogens is 3. The van der Waals surface area contributed by atoms with Crippen LogP contribution in [0, 0.1) is 6.92 Å². The smallest absolute Gasteiger partial charge is 0.233 e. The van der Waals surface area contributed by atoms with Crippen LogP contribution in [0.5, 0.6) is 0 Å². The summed E-state index contributed by atoms with van der Waals surface area (Å²) in [4.78, 5) is 23.7. The van der Waals surface area contributed by atoms with Gasteiger partial charge in [-0.1, -0.05) is 47.7 Å². The lowest BCUT2D eigenvalue weighted by atomic mass is 10.2. The van der Waals surface area contributed by atoms with Crippen molar-refractivity contribution in [3.05, 3.63) is 60.2 Å². The quantitative estimate of drug-likeness (QED) is 0.546. The molecule has 2 aromatic heterocycles. The number of aryl methyl sites for hydroxylation is 1. The average molecular weight is 387 g/mol. The van der Waals surface area contributed by atoms with Gasteiger partial charge >= 0.3 is 0 Å². The maximum Gasteiger partial charge on any atom is 0.233 e. The summed E-state index contributed by atoms with van der Waals surface area (Å²) in [5, 5.41) is 9.83. The number of carbonyl (C=O) groups excluding carboxylic acids is 1. The Labute approximate surface area is 165 Å². The number of carbonyl (C=O) groups is 1. The Balaban J connectivity index is 1.62. The van der Waals surface area contributed by atoms with Gasteiger partial charge in [0.1, 0.15) is 0 Å². The second kappa shape index (κ2) is 6.76. The zero-order valence-electron chi connectivity index (χ0n) is 15.2. The van der Waals surface area contributed by atoms with Gasteiger partial charge < -0.3 is 0 Å². The van der Waals surface area contributed by atoms with Crippen LogP contribution in [0.3, 0.4) is 0 Å². The van der Waals surface area contributed by atoms with E-state index in [1.54, 1.807) is 16.7 Å². The van der Waals surface area contributed by atoms with Crippen LogP contribution in [-0.4, -0.2) is 32.0 Å². The number of anilines is 1. The summed E-state index contributed by atoms with van der Waals surface area (Å²) >= 11 is 1.57. The van der Waals surface area contributed by atoms with Crippen LogP contribution in [-0.2, 0) is 4.79 Å². The summed E-state index contributed by atoms with van der Waals surface area (Å²) < 4.78 is 0. The van der Waals surface area contributed by atoms with Gasteiger partial charge in [0, 0.05) is 17.6 Å². The summed E-state index contributed by atoms with van der Waals surface area (Å²) in [5.41, 5.74) is 3.56. The number of hydrogen-bond acceptors (Lipinski definition) is 5. The molecule has 0 unspecified atom stereocenters. The number of amidine groups is 1. The summed E-state index contributed by atoms with van der Waals surface area (Å²) in [6, 6.07) is 17.9. The molecule has 6 nitrogen and oxygen atoms in total. The molecule has 0 spiro atoms. The van der Waals surface area contributed by atoms with Gasteiger partial charge in [0.2, 0.25) is 5.91 Å². The summed E-state index contributed by atoms with van der Waals surface area (Å²) in [6.07, 6.45) is 0.491. The normalized spacial score (nSPS) is 16.4. The van der Waals surface area contributed by atoms with E-state index in [2.05, 4.69) is 15.2 Å². The molecule has 0 aliphatic carbocycles. The molecular formula is C21H17N5OS. The van der Waals surface area contributed by atoms with Gasteiger partial charge in [-0.25, -0.2) is 9.98 Å². The highest BCUT2D eigenvalue weighted by molar-refractivity contribution is 8.14. The third-order valence-electron chi connectivity index (χ3n) is 4.71. The topological polar surface area (TPSA) is 74.2 Å². The van der Waals surface area contributed by atoms with Crippen molar-refractivity contribution < 1.29 is 4.79 Å². The van der Waals surface area contributed by atoms with E-state index in [1.165, 1.54) is 0 Å². The lowest BCUT2D eigenvalue weighted by Crippen LogP contribution is -2.39. The SMILES string of the molecule is Cc1ccc(N2C(=O)CCSC2=Nc2n[nH]c3nc4ccccc4cc23)cc1. The maximum absolute atomic E-state index is 12.6. The molecule has 1 aliphatic rings. The molecule has 3 heterocycles. The van der Waals surface area contributed by atoms with Crippen LogP contribution in [0.2, 0.25) is 0 Å².